The fourth-order valence-electron chi connectivity index (χ4n) is 3.18. The number of fused-ring (bicyclic) bond motifs is 1. The molecule has 1 aromatic carbocycles. The van der Waals surface area contributed by atoms with Crippen LogP contribution in [0.4, 0.5) is 5.82 Å². The van der Waals surface area contributed by atoms with Gasteiger partial charge in [-0.1, -0.05) is 6.07 Å². The van der Waals surface area contributed by atoms with Crippen LogP contribution in [0.15, 0.2) is 30.5 Å². The van der Waals surface area contributed by atoms with Gasteiger partial charge in [0.25, 0.3) is 0 Å². The van der Waals surface area contributed by atoms with Gasteiger partial charge < -0.3 is 10.2 Å². The predicted octanol–water partition coefficient (Wildman–Crippen LogP) is 2.23. The van der Waals surface area contributed by atoms with Crippen molar-refractivity contribution in [1.29, 1.82) is 0 Å². The molecule has 3 aromatic rings. The molecule has 1 aliphatic rings. The highest BCUT2D eigenvalue weighted by atomic mass is 16.2. The second-order valence-corrected chi connectivity index (χ2v) is 6.37. The summed E-state index contributed by atoms with van der Waals surface area (Å²) in [6, 6.07) is 7.88. The summed E-state index contributed by atoms with van der Waals surface area (Å²) in [6.45, 7) is 1.92. The van der Waals surface area contributed by atoms with E-state index in [9.17, 15) is 4.79 Å². The SMILES string of the molecule is CN1CCC(C(=O)Nc2n[nH]c3ccc(-c4ccn[nH]4)cc23)CC1. The zero-order valence-corrected chi connectivity index (χ0v) is 13.5. The first-order chi connectivity index (χ1) is 11.7. The number of carbonyl (C=O) groups is 1. The number of nitrogens with zero attached hydrogens (tertiary/aromatic N) is 3. The number of rotatable bonds is 3. The molecule has 4 rings (SSSR count). The van der Waals surface area contributed by atoms with E-state index in [0.29, 0.717) is 5.82 Å². The predicted molar refractivity (Wildman–Crippen MR) is 92.5 cm³/mol. The third-order valence-electron chi connectivity index (χ3n) is 4.71. The molecule has 0 saturated carbocycles. The van der Waals surface area contributed by atoms with Gasteiger partial charge in [0.1, 0.15) is 0 Å². The van der Waals surface area contributed by atoms with E-state index in [-0.39, 0.29) is 11.8 Å². The Hall–Kier alpha value is -2.67. The standard InChI is InChI=1S/C17H20N6O/c1-23-8-5-11(6-9-23)17(24)19-16-13-10-12(14-4-7-18-20-14)2-3-15(13)21-22-16/h2-4,7,10-11H,5-6,8-9H2,1H3,(H,18,20)(H2,19,21,22,24). The number of aromatic amines is 2. The molecular formula is C17H20N6O. The van der Waals surface area contributed by atoms with E-state index in [1.807, 2.05) is 24.3 Å². The van der Waals surface area contributed by atoms with Crippen molar-refractivity contribution in [2.24, 2.45) is 5.92 Å². The van der Waals surface area contributed by atoms with Gasteiger partial charge in [-0.05, 0) is 51.2 Å². The molecule has 3 heterocycles. The molecule has 0 aliphatic carbocycles. The molecule has 0 bridgehead atoms. The van der Waals surface area contributed by atoms with E-state index in [4.69, 9.17) is 0 Å². The van der Waals surface area contributed by atoms with Crippen LogP contribution >= 0.6 is 0 Å². The lowest BCUT2D eigenvalue weighted by Gasteiger charge is -2.27. The number of carbonyl (C=O) groups excluding carboxylic acids is 1. The maximum atomic E-state index is 12.5. The smallest absolute Gasteiger partial charge is 0.228 e. The summed E-state index contributed by atoms with van der Waals surface area (Å²) in [7, 11) is 2.09. The summed E-state index contributed by atoms with van der Waals surface area (Å²) in [6.07, 6.45) is 3.51. The molecule has 7 nitrogen and oxygen atoms in total. The highest BCUT2D eigenvalue weighted by molar-refractivity contribution is 6.01. The van der Waals surface area contributed by atoms with Crippen molar-refractivity contribution < 1.29 is 4.79 Å². The lowest BCUT2D eigenvalue weighted by Crippen LogP contribution is -2.36. The second kappa shape index (κ2) is 6.09. The number of hydrogen-bond donors (Lipinski definition) is 3. The van der Waals surface area contributed by atoms with Gasteiger partial charge in [0.15, 0.2) is 5.82 Å². The van der Waals surface area contributed by atoms with E-state index in [2.05, 4.69) is 37.7 Å². The minimum atomic E-state index is 0.0587. The Morgan fingerprint density at radius 1 is 1.25 bits per heavy atom. The van der Waals surface area contributed by atoms with Crippen molar-refractivity contribution in [3.05, 3.63) is 30.5 Å². The van der Waals surface area contributed by atoms with Gasteiger partial charge in [0, 0.05) is 23.1 Å². The number of anilines is 1. The maximum absolute atomic E-state index is 12.5. The van der Waals surface area contributed by atoms with Gasteiger partial charge in [-0.25, -0.2) is 0 Å². The number of piperidine rings is 1. The van der Waals surface area contributed by atoms with Crippen molar-refractivity contribution in [2.45, 2.75) is 12.8 Å². The largest absolute Gasteiger partial charge is 0.308 e. The van der Waals surface area contributed by atoms with Crippen molar-refractivity contribution in [3.8, 4) is 11.3 Å². The first kappa shape index (κ1) is 14.9. The summed E-state index contributed by atoms with van der Waals surface area (Å²) < 4.78 is 0. The topological polar surface area (TPSA) is 89.7 Å². The Morgan fingerprint density at radius 3 is 2.83 bits per heavy atom. The molecule has 2 aromatic heterocycles. The molecule has 0 radical (unpaired) electrons. The molecular weight excluding hydrogens is 304 g/mol. The number of nitrogens with one attached hydrogen (secondary N) is 3. The maximum Gasteiger partial charge on any atom is 0.228 e. The van der Waals surface area contributed by atoms with Crippen LogP contribution < -0.4 is 5.32 Å². The van der Waals surface area contributed by atoms with Crippen LogP contribution in [-0.2, 0) is 4.79 Å². The third kappa shape index (κ3) is 2.78. The molecule has 1 amide bonds. The average Bonchev–Trinajstić information content (AvgIpc) is 3.25. The summed E-state index contributed by atoms with van der Waals surface area (Å²) >= 11 is 0. The second-order valence-electron chi connectivity index (χ2n) is 6.37. The number of aromatic nitrogens is 4. The zero-order valence-electron chi connectivity index (χ0n) is 13.5. The van der Waals surface area contributed by atoms with Crippen LogP contribution in [0.3, 0.4) is 0 Å². The van der Waals surface area contributed by atoms with Crippen molar-refractivity contribution >= 4 is 22.6 Å². The normalized spacial score (nSPS) is 16.5. The quantitative estimate of drug-likeness (QED) is 0.689. The molecule has 1 fully saturated rings. The minimum Gasteiger partial charge on any atom is -0.308 e. The summed E-state index contributed by atoms with van der Waals surface area (Å²) in [4.78, 5) is 14.8. The highest BCUT2D eigenvalue weighted by Crippen LogP contribution is 2.27. The van der Waals surface area contributed by atoms with Crippen molar-refractivity contribution in [1.82, 2.24) is 25.3 Å². The van der Waals surface area contributed by atoms with Gasteiger partial charge >= 0.3 is 0 Å². The summed E-state index contributed by atoms with van der Waals surface area (Å²) in [5, 5.41) is 18.1. The highest BCUT2D eigenvalue weighted by Gasteiger charge is 2.24. The minimum absolute atomic E-state index is 0.0587. The van der Waals surface area contributed by atoms with Crippen LogP contribution in [-0.4, -0.2) is 51.3 Å². The Bertz CT molecular complexity index is 845. The van der Waals surface area contributed by atoms with E-state index in [0.717, 1.165) is 48.1 Å². The molecule has 1 aliphatic heterocycles. The lowest BCUT2D eigenvalue weighted by molar-refractivity contribution is -0.121. The molecule has 0 spiro atoms. The molecule has 1 saturated heterocycles. The van der Waals surface area contributed by atoms with Crippen LogP contribution in [0.5, 0.6) is 0 Å². The summed E-state index contributed by atoms with van der Waals surface area (Å²) in [5.41, 5.74) is 2.85. The van der Waals surface area contributed by atoms with Gasteiger partial charge in [-0.3, -0.25) is 15.0 Å². The molecule has 3 N–H and O–H groups in total. The van der Waals surface area contributed by atoms with Gasteiger partial charge in [0.05, 0.1) is 11.2 Å². The average molecular weight is 324 g/mol. The lowest BCUT2D eigenvalue weighted by atomic mass is 9.96. The Balaban J connectivity index is 1.58. The van der Waals surface area contributed by atoms with Gasteiger partial charge in [0.2, 0.25) is 5.91 Å². The first-order valence-corrected chi connectivity index (χ1v) is 8.18. The number of likely N-dealkylation sites (tertiary alicyclic amines) is 1. The van der Waals surface area contributed by atoms with Crippen molar-refractivity contribution in [2.75, 3.05) is 25.5 Å². The van der Waals surface area contributed by atoms with Crippen LogP contribution in [0.25, 0.3) is 22.2 Å². The van der Waals surface area contributed by atoms with E-state index in [1.54, 1.807) is 6.20 Å². The molecule has 0 unspecified atom stereocenters. The third-order valence-corrected chi connectivity index (χ3v) is 4.71. The fourth-order valence-corrected chi connectivity index (χ4v) is 3.18. The van der Waals surface area contributed by atoms with Gasteiger partial charge in [-0.2, -0.15) is 10.2 Å². The van der Waals surface area contributed by atoms with E-state index >= 15 is 0 Å². The van der Waals surface area contributed by atoms with E-state index < -0.39 is 0 Å². The van der Waals surface area contributed by atoms with E-state index in [1.165, 1.54) is 0 Å². The Kier molecular flexibility index (Phi) is 3.78. The van der Waals surface area contributed by atoms with Crippen LogP contribution in [0.2, 0.25) is 0 Å². The van der Waals surface area contributed by atoms with Gasteiger partial charge in [-0.15, -0.1) is 0 Å². The molecule has 24 heavy (non-hydrogen) atoms. The molecule has 124 valence electrons. The summed E-state index contributed by atoms with van der Waals surface area (Å²) in [5.74, 6) is 0.711. The zero-order chi connectivity index (χ0) is 16.5. The number of H-pyrrole nitrogens is 2. The first-order valence-electron chi connectivity index (χ1n) is 8.18. The Morgan fingerprint density at radius 2 is 2.08 bits per heavy atom. The van der Waals surface area contributed by atoms with Crippen molar-refractivity contribution in [3.63, 3.8) is 0 Å². The molecule has 0 atom stereocenters. The molecule has 7 heteroatoms. The van der Waals surface area contributed by atoms with Crippen LogP contribution in [0.1, 0.15) is 12.8 Å². The monoisotopic (exact) mass is 324 g/mol. The number of benzene rings is 1. The fraction of sp³-hybridized carbons (Fsp3) is 0.353. The Labute approximate surface area is 139 Å². The van der Waals surface area contributed by atoms with Crippen LogP contribution in [0, 0.1) is 5.92 Å². The number of amides is 1. The number of hydrogen-bond acceptors (Lipinski definition) is 4.